The van der Waals surface area contributed by atoms with Gasteiger partial charge in [-0.2, -0.15) is 0 Å². The topological polar surface area (TPSA) is 24.8 Å². The highest BCUT2D eigenvalue weighted by molar-refractivity contribution is 6.32. The number of halogens is 1. The molecule has 112 valence electrons. The minimum atomic E-state index is 0.602. The predicted octanol–water partition coefficient (Wildman–Crippen LogP) is 4.56. The van der Waals surface area contributed by atoms with Crippen molar-refractivity contribution in [2.75, 3.05) is 26.7 Å². The molecular weight excluding hydrogens is 272 g/mol. The molecule has 0 amide bonds. The lowest BCUT2D eigenvalue weighted by Gasteiger charge is -2.17. The zero-order valence-corrected chi connectivity index (χ0v) is 13.7. The Morgan fingerprint density at radius 2 is 2.00 bits per heavy atom. The quantitative estimate of drug-likeness (QED) is 0.657. The number of hydrogen-bond donors (Lipinski definition) is 0. The molecule has 1 rings (SSSR count). The zero-order valence-electron chi connectivity index (χ0n) is 12.9. The first kappa shape index (κ1) is 17.0. The van der Waals surface area contributed by atoms with E-state index in [4.69, 9.17) is 16.3 Å². The highest BCUT2D eigenvalue weighted by Gasteiger charge is 2.02. The van der Waals surface area contributed by atoms with Crippen LogP contribution >= 0.6 is 11.6 Å². The summed E-state index contributed by atoms with van der Waals surface area (Å²) in [5.41, 5.74) is 2.02. The Morgan fingerprint density at radius 1 is 1.30 bits per heavy atom. The van der Waals surface area contributed by atoms with Crippen molar-refractivity contribution in [2.24, 2.45) is 4.99 Å². The lowest BCUT2D eigenvalue weighted by molar-refractivity contribution is 0.302. The van der Waals surface area contributed by atoms with E-state index in [1.807, 2.05) is 18.2 Å². The summed E-state index contributed by atoms with van der Waals surface area (Å²) >= 11 is 6.10. The number of rotatable bonds is 8. The van der Waals surface area contributed by atoms with E-state index in [2.05, 4.69) is 30.7 Å². The van der Waals surface area contributed by atoms with Crippen LogP contribution in [0.3, 0.4) is 0 Å². The highest BCUT2D eigenvalue weighted by Crippen LogP contribution is 2.28. The van der Waals surface area contributed by atoms with Crippen molar-refractivity contribution in [1.29, 1.82) is 0 Å². The van der Waals surface area contributed by atoms with Crippen molar-refractivity contribution >= 4 is 23.0 Å². The van der Waals surface area contributed by atoms with Gasteiger partial charge >= 0.3 is 0 Å². The number of methoxy groups -OCH3 is 1. The molecule has 0 atom stereocenters. The first-order chi connectivity index (χ1) is 9.60. The van der Waals surface area contributed by atoms with Crippen LogP contribution in [0.1, 0.15) is 33.6 Å². The molecule has 3 nitrogen and oxygen atoms in total. The van der Waals surface area contributed by atoms with Crippen molar-refractivity contribution in [3.63, 3.8) is 0 Å². The second-order valence-corrected chi connectivity index (χ2v) is 5.20. The molecule has 0 radical (unpaired) electrons. The van der Waals surface area contributed by atoms with Crippen LogP contribution < -0.4 is 4.74 Å². The average molecular weight is 297 g/mol. The Kier molecular flexibility index (Phi) is 7.63. The van der Waals surface area contributed by atoms with E-state index in [1.54, 1.807) is 7.11 Å². The Bertz CT molecular complexity index is 442. The van der Waals surface area contributed by atoms with Crippen molar-refractivity contribution in [3.05, 3.63) is 23.2 Å². The van der Waals surface area contributed by atoms with Gasteiger partial charge in [0.15, 0.2) is 0 Å². The summed E-state index contributed by atoms with van der Waals surface area (Å²) in [7, 11) is 1.61. The largest absolute Gasteiger partial charge is 0.495 e. The summed E-state index contributed by atoms with van der Waals surface area (Å²) in [4.78, 5) is 7.03. The summed E-state index contributed by atoms with van der Waals surface area (Å²) < 4.78 is 5.13. The molecule has 0 aliphatic rings. The first-order valence-corrected chi connectivity index (χ1v) is 7.58. The summed E-state index contributed by atoms with van der Waals surface area (Å²) in [5.74, 6) is 0.685. The van der Waals surface area contributed by atoms with Crippen LogP contribution in [0.4, 0.5) is 5.69 Å². The fourth-order valence-electron chi connectivity index (χ4n) is 2.10. The van der Waals surface area contributed by atoms with Crippen molar-refractivity contribution in [2.45, 2.75) is 33.6 Å². The molecule has 0 saturated carbocycles. The third-order valence-corrected chi connectivity index (χ3v) is 3.66. The van der Waals surface area contributed by atoms with Gasteiger partial charge in [-0.3, -0.25) is 4.99 Å². The van der Waals surface area contributed by atoms with Crippen LogP contribution in [-0.2, 0) is 0 Å². The maximum atomic E-state index is 6.10. The summed E-state index contributed by atoms with van der Waals surface area (Å²) in [6.45, 7) is 9.82. The smallest absolute Gasteiger partial charge is 0.137 e. The lowest BCUT2D eigenvalue weighted by atomic mass is 10.2. The van der Waals surface area contributed by atoms with Crippen LogP contribution in [0.2, 0.25) is 5.02 Å². The van der Waals surface area contributed by atoms with E-state index in [-0.39, 0.29) is 0 Å². The number of hydrogen-bond acceptors (Lipinski definition) is 3. The molecule has 0 bridgehead atoms. The van der Waals surface area contributed by atoms with E-state index >= 15 is 0 Å². The van der Waals surface area contributed by atoms with E-state index in [1.165, 1.54) is 0 Å². The lowest BCUT2D eigenvalue weighted by Crippen LogP contribution is -2.24. The Morgan fingerprint density at radius 3 is 2.55 bits per heavy atom. The molecule has 20 heavy (non-hydrogen) atoms. The molecule has 0 unspecified atom stereocenters. The van der Waals surface area contributed by atoms with Crippen LogP contribution in [0.15, 0.2) is 23.2 Å². The molecule has 0 spiro atoms. The summed E-state index contributed by atoms with van der Waals surface area (Å²) in [6, 6.07) is 5.62. The van der Waals surface area contributed by atoms with Crippen LogP contribution in [-0.4, -0.2) is 37.4 Å². The second-order valence-electron chi connectivity index (χ2n) is 4.80. The number of aliphatic imine (C=N–C) groups is 1. The van der Waals surface area contributed by atoms with Crippen LogP contribution in [0, 0.1) is 0 Å². The first-order valence-electron chi connectivity index (χ1n) is 7.20. The van der Waals surface area contributed by atoms with Gasteiger partial charge in [-0.25, -0.2) is 0 Å². The van der Waals surface area contributed by atoms with Crippen molar-refractivity contribution < 1.29 is 4.74 Å². The Balaban J connectivity index is 2.54. The van der Waals surface area contributed by atoms with Crippen molar-refractivity contribution in [3.8, 4) is 5.75 Å². The second kappa shape index (κ2) is 8.98. The number of nitrogens with zero attached hydrogens (tertiary/aromatic N) is 2. The molecular formula is C16H25ClN2O. The zero-order chi connectivity index (χ0) is 15.0. The molecule has 0 N–H and O–H groups in total. The fraction of sp³-hybridized carbons (Fsp3) is 0.562. The molecule has 4 heteroatoms. The van der Waals surface area contributed by atoms with E-state index in [0.717, 1.165) is 43.9 Å². The average Bonchev–Trinajstić information content (AvgIpc) is 2.44. The van der Waals surface area contributed by atoms with E-state index in [9.17, 15) is 0 Å². The van der Waals surface area contributed by atoms with Gasteiger partial charge in [-0.15, -0.1) is 0 Å². The van der Waals surface area contributed by atoms with Gasteiger partial charge < -0.3 is 9.64 Å². The number of ether oxygens (including phenoxy) is 1. The maximum absolute atomic E-state index is 6.10. The highest BCUT2D eigenvalue weighted by atomic mass is 35.5. The van der Waals surface area contributed by atoms with Gasteiger partial charge in [0.2, 0.25) is 0 Å². The van der Waals surface area contributed by atoms with Gasteiger partial charge in [0.25, 0.3) is 0 Å². The Labute approximate surface area is 127 Å². The molecule has 0 fully saturated rings. The van der Waals surface area contributed by atoms with Gasteiger partial charge in [-0.05, 0) is 57.6 Å². The molecule has 0 saturated heterocycles. The minimum absolute atomic E-state index is 0.602. The van der Waals surface area contributed by atoms with Crippen molar-refractivity contribution in [1.82, 2.24) is 4.90 Å². The standard InChI is InChI=1S/C16H25ClN2O/c1-5-19(6-2)11-7-8-13(3)18-14-9-10-16(20-4)15(17)12-14/h9-10,12H,5-8,11H2,1-4H3. The summed E-state index contributed by atoms with van der Waals surface area (Å²) in [5, 5.41) is 0.602. The molecule has 0 aromatic heterocycles. The SMILES string of the molecule is CCN(CC)CCCC(C)=Nc1ccc(OC)c(Cl)c1. The normalized spacial score (nSPS) is 12.0. The molecule has 1 aromatic carbocycles. The Hall–Kier alpha value is -1.06. The fourth-order valence-corrected chi connectivity index (χ4v) is 2.35. The van der Waals surface area contributed by atoms with Gasteiger partial charge in [0.1, 0.15) is 5.75 Å². The van der Waals surface area contributed by atoms with Gasteiger partial charge in [0, 0.05) is 5.71 Å². The summed E-state index contributed by atoms with van der Waals surface area (Å²) in [6.07, 6.45) is 2.15. The van der Waals surface area contributed by atoms with E-state index in [0.29, 0.717) is 10.8 Å². The molecule has 0 aliphatic carbocycles. The van der Waals surface area contributed by atoms with Gasteiger partial charge in [-0.1, -0.05) is 25.4 Å². The number of benzene rings is 1. The molecule has 0 aliphatic heterocycles. The third kappa shape index (κ3) is 5.51. The van der Waals surface area contributed by atoms with E-state index < -0.39 is 0 Å². The van der Waals surface area contributed by atoms with Gasteiger partial charge in [0.05, 0.1) is 17.8 Å². The molecule has 0 heterocycles. The third-order valence-electron chi connectivity index (χ3n) is 3.36. The minimum Gasteiger partial charge on any atom is -0.495 e. The molecule has 1 aromatic rings. The van der Waals surface area contributed by atoms with Crippen LogP contribution in [0.5, 0.6) is 5.75 Å². The monoisotopic (exact) mass is 296 g/mol. The predicted molar refractivity (Wildman–Crippen MR) is 87.8 cm³/mol. The van der Waals surface area contributed by atoms with Crippen LogP contribution in [0.25, 0.3) is 0 Å². The maximum Gasteiger partial charge on any atom is 0.137 e.